The average Bonchev–Trinajstić information content (AvgIpc) is 3.33. The zero-order chi connectivity index (χ0) is 21.4. The molecule has 0 unspecified atom stereocenters. The molecule has 154 valence electrons. The maximum absolute atomic E-state index is 12.5. The van der Waals surface area contributed by atoms with E-state index in [0.29, 0.717) is 17.3 Å². The number of hydrogen-bond donors (Lipinski definition) is 3. The van der Waals surface area contributed by atoms with Gasteiger partial charge in [-0.25, -0.2) is 9.97 Å². The molecule has 0 saturated heterocycles. The van der Waals surface area contributed by atoms with E-state index in [1.165, 1.54) is 0 Å². The standard InChI is InChI=1S/C22H20N8O/c1-24-7-13-4-16(13)22(31)30-20-6-12-5-19(29-21(23)17(12)11-26-20)18-10-25-3-2-15(18)14-8-27-28-9-14/h2-3,5-11,13,16H,4H2,1H3,(H2,23,29)(H,27,28)(H,26,30,31)/t13-,16+/m1/s1. The van der Waals surface area contributed by atoms with E-state index in [0.717, 1.165) is 33.9 Å². The lowest BCUT2D eigenvalue weighted by atomic mass is 10.0. The van der Waals surface area contributed by atoms with Crippen molar-refractivity contribution in [2.45, 2.75) is 6.42 Å². The fraction of sp³-hybridized carbons (Fsp3) is 0.182. The summed E-state index contributed by atoms with van der Waals surface area (Å²) in [6, 6.07) is 5.65. The molecule has 9 nitrogen and oxygen atoms in total. The molecule has 1 amide bonds. The number of aromatic nitrogens is 5. The molecule has 1 aliphatic carbocycles. The van der Waals surface area contributed by atoms with Crippen molar-refractivity contribution < 1.29 is 4.79 Å². The molecule has 4 aromatic rings. The summed E-state index contributed by atoms with van der Waals surface area (Å²) in [5.41, 5.74) is 9.61. The fourth-order valence-electron chi connectivity index (χ4n) is 3.72. The second kappa shape index (κ2) is 7.60. The first-order valence-corrected chi connectivity index (χ1v) is 9.87. The molecule has 31 heavy (non-hydrogen) atoms. The smallest absolute Gasteiger partial charge is 0.229 e. The van der Waals surface area contributed by atoms with E-state index in [-0.39, 0.29) is 17.7 Å². The molecule has 4 N–H and O–H groups in total. The molecule has 2 atom stereocenters. The lowest BCUT2D eigenvalue weighted by Crippen LogP contribution is -2.16. The number of carbonyl (C=O) groups is 1. The Bertz CT molecular complexity index is 1300. The Balaban J connectivity index is 1.50. The minimum Gasteiger partial charge on any atom is -0.383 e. The van der Waals surface area contributed by atoms with Gasteiger partial charge >= 0.3 is 0 Å². The molecule has 9 heteroatoms. The van der Waals surface area contributed by atoms with Gasteiger partial charge in [0.05, 0.1) is 11.9 Å². The number of aromatic amines is 1. The summed E-state index contributed by atoms with van der Waals surface area (Å²) >= 11 is 0. The van der Waals surface area contributed by atoms with Crippen LogP contribution in [0.25, 0.3) is 33.2 Å². The summed E-state index contributed by atoms with van der Waals surface area (Å²) in [4.78, 5) is 29.6. The normalized spacial score (nSPS) is 17.8. The third-order valence-electron chi connectivity index (χ3n) is 5.42. The van der Waals surface area contributed by atoms with Crippen molar-refractivity contribution in [3.8, 4) is 22.4 Å². The van der Waals surface area contributed by atoms with Crippen LogP contribution in [0.4, 0.5) is 11.6 Å². The van der Waals surface area contributed by atoms with Crippen LogP contribution in [0.3, 0.4) is 0 Å². The van der Waals surface area contributed by atoms with Gasteiger partial charge in [0.15, 0.2) is 0 Å². The number of carbonyl (C=O) groups excluding carboxylic acids is 1. The van der Waals surface area contributed by atoms with Crippen molar-refractivity contribution >= 4 is 34.5 Å². The van der Waals surface area contributed by atoms with Gasteiger partial charge in [0, 0.05) is 66.4 Å². The van der Waals surface area contributed by atoms with Crippen LogP contribution in [0.5, 0.6) is 0 Å². The second-order valence-corrected chi connectivity index (χ2v) is 7.49. The van der Waals surface area contributed by atoms with Gasteiger partial charge in [-0.05, 0) is 35.6 Å². The third-order valence-corrected chi connectivity index (χ3v) is 5.42. The van der Waals surface area contributed by atoms with Gasteiger partial charge < -0.3 is 16.0 Å². The Morgan fingerprint density at radius 3 is 3.00 bits per heavy atom. The van der Waals surface area contributed by atoms with Gasteiger partial charge in [-0.15, -0.1) is 0 Å². The summed E-state index contributed by atoms with van der Waals surface area (Å²) in [6.45, 7) is 0. The molecule has 0 bridgehead atoms. The molecular formula is C22H20N8O. The van der Waals surface area contributed by atoms with Crippen molar-refractivity contribution in [3.63, 3.8) is 0 Å². The Hall–Kier alpha value is -4.14. The van der Waals surface area contributed by atoms with Crippen molar-refractivity contribution in [2.75, 3.05) is 18.1 Å². The minimum absolute atomic E-state index is 0.0477. The van der Waals surface area contributed by atoms with Crippen molar-refractivity contribution in [3.05, 3.63) is 49.2 Å². The molecule has 4 heterocycles. The topological polar surface area (TPSA) is 135 Å². The van der Waals surface area contributed by atoms with Crippen LogP contribution >= 0.6 is 0 Å². The Morgan fingerprint density at radius 1 is 1.29 bits per heavy atom. The first kappa shape index (κ1) is 18.9. The monoisotopic (exact) mass is 412 g/mol. The Kier molecular flexibility index (Phi) is 4.62. The fourth-order valence-corrected chi connectivity index (χ4v) is 3.72. The molecule has 1 saturated carbocycles. The maximum Gasteiger partial charge on any atom is 0.229 e. The predicted octanol–water partition coefficient (Wildman–Crippen LogP) is 2.94. The van der Waals surface area contributed by atoms with Crippen LogP contribution < -0.4 is 11.1 Å². The third kappa shape index (κ3) is 3.61. The van der Waals surface area contributed by atoms with Gasteiger partial charge in [0.2, 0.25) is 5.91 Å². The van der Waals surface area contributed by atoms with Gasteiger partial charge in [-0.3, -0.25) is 14.9 Å². The Labute approximate surface area is 177 Å². The number of nitrogens with one attached hydrogen (secondary N) is 2. The summed E-state index contributed by atoms with van der Waals surface area (Å²) in [7, 11) is 1.72. The van der Waals surface area contributed by atoms with Crippen molar-refractivity contribution in [1.29, 1.82) is 0 Å². The van der Waals surface area contributed by atoms with Crippen LogP contribution in [-0.2, 0) is 4.79 Å². The zero-order valence-corrected chi connectivity index (χ0v) is 16.8. The lowest BCUT2D eigenvalue weighted by Gasteiger charge is -2.11. The number of amides is 1. The van der Waals surface area contributed by atoms with Gasteiger partial charge in [-0.2, -0.15) is 5.10 Å². The van der Waals surface area contributed by atoms with Crippen molar-refractivity contribution in [1.82, 2.24) is 25.1 Å². The first-order valence-electron chi connectivity index (χ1n) is 9.87. The number of pyridine rings is 3. The van der Waals surface area contributed by atoms with E-state index in [2.05, 4.69) is 35.5 Å². The number of H-pyrrole nitrogens is 1. The molecule has 0 spiro atoms. The maximum atomic E-state index is 12.5. The summed E-state index contributed by atoms with van der Waals surface area (Å²) < 4.78 is 0. The van der Waals surface area contributed by atoms with Gasteiger partial charge in [0.25, 0.3) is 0 Å². The van der Waals surface area contributed by atoms with E-state index < -0.39 is 0 Å². The molecular weight excluding hydrogens is 392 g/mol. The highest BCUT2D eigenvalue weighted by Crippen LogP contribution is 2.38. The molecule has 1 fully saturated rings. The lowest BCUT2D eigenvalue weighted by molar-refractivity contribution is -0.117. The number of aliphatic imine (C=N–C) groups is 1. The van der Waals surface area contributed by atoms with Crippen LogP contribution in [0.15, 0.2) is 54.2 Å². The quantitative estimate of drug-likeness (QED) is 0.431. The molecule has 0 aliphatic heterocycles. The second-order valence-electron chi connectivity index (χ2n) is 7.49. The summed E-state index contributed by atoms with van der Waals surface area (Å²) in [5.74, 6) is 0.958. The van der Waals surface area contributed by atoms with E-state index in [1.54, 1.807) is 31.8 Å². The number of anilines is 2. The SMILES string of the molecule is CN=C[C@H]1C[C@@H]1C(=O)Nc1cc2cc(-c3cnccc3-c3cn[nH]c3)nc(N)c2cn1. The minimum atomic E-state index is -0.0489. The molecule has 0 radical (unpaired) electrons. The van der Waals surface area contributed by atoms with Gasteiger partial charge in [-0.1, -0.05) is 0 Å². The highest BCUT2D eigenvalue weighted by Gasteiger charge is 2.41. The number of rotatable bonds is 5. The first-order chi connectivity index (χ1) is 15.1. The molecule has 4 aromatic heterocycles. The predicted molar refractivity (Wildman–Crippen MR) is 119 cm³/mol. The van der Waals surface area contributed by atoms with Crippen LogP contribution in [-0.4, -0.2) is 44.3 Å². The Morgan fingerprint density at radius 2 is 2.19 bits per heavy atom. The van der Waals surface area contributed by atoms with Crippen LogP contribution in [0.2, 0.25) is 0 Å². The summed E-state index contributed by atoms with van der Waals surface area (Å²) in [6.07, 6.45) is 11.3. The highest BCUT2D eigenvalue weighted by atomic mass is 16.2. The highest BCUT2D eigenvalue weighted by molar-refractivity contribution is 6.00. The molecule has 5 rings (SSSR count). The van der Waals surface area contributed by atoms with Gasteiger partial charge in [0.1, 0.15) is 11.6 Å². The molecule has 1 aliphatic rings. The van der Waals surface area contributed by atoms with E-state index in [4.69, 9.17) is 5.73 Å². The number of hydrogen-bond acceptors (Lipinski definition) is 7. The average molecular weight is 412 g/mol. The number of nitrogens with zero attached hydrogens (tertiary/aromatic N) is 5. The van der Waals surface area contributed by atoms with Crippen LogP contribution in [0, 0.1) is 11.8 Å². The van der Waals surface area contributed by atoms with Crippen molar-refractivity contribution in [2.24, 2.45) is 16.8 Å². The number of nitrogens with two attached hydrogens (primary N) is 1. The van der Waals surface area contributed by atoms with E-state index in [1.807, 2.05) is 30.6 Å². The van der Waals surface area contributed by atoms with Crippen LogP contribution in [0.1, 0.15) is 6.42 Å². The van der Waals surface area contributed by atoms with E-state index in [9.17, 15) is 4.79 Å². The number of fused-ring (bicyclic) bond motifs is 1. The zero-order valence-electron chi connectivity index (χ0n) is 16.8. The largest absolute Gasteiger partial charge is 0.383 e. The van der Waals surface area contributed by atoms with E-state index >= 15 is 0 Å². The molecule has 0 aromatic carbocycles. The number of nitrogen functional groups attached to an aromatic ring is 1. The summed E-state index contributed by atoms with van der Waals surface area (Å²) in [5, 5.41) is 11.3.